The number of benzene rings is 1. The van der Waals surface area contributed by atoms with Crippen LogP contribution in [0.4, 0.5) is 10.1 Å². The van der Waals surface area contributed by atoms with E-state index >= 15 is 0 Å². The van der Waals surface area contributed by atoms with Gasteiger partial charge in [-0.1, -0.05) is 11.6 Å². The van der Waals surface area contributed by atoms with Crippen molar-refractivity contribution in [2.24, 2.45) is 0 Å². The average molecular weight is 401 g/mol. The first-order chi connectivity index (χ1) is 12.9. The van der Waals surface area contributed by atoms with Crippen molar-refractivity contribution >= 4 is 29.1 Å². The first kappa shape index (κ1) is 21.6. The number of nitrogens with one attached hydrogen (secondary N) is 2. The molecule has 9 heteroatoms. The summed E-state index contributed by atoms with van der Waals surface area (Å²) < 4.78 is 18.1. The molecule has 0 radical (unpaired) electrons. The molecule has 0 bridgehead atoms. The van der Waals surface area contributed by atoms with Crippen LogP contribution in [-0.4, -0.2) is 80.6 Å². The summed E-state index contributed by atoms with van der Waals surface area (Å²) in [7, 11) is 1.59. The SMILES string of the molecule is COCCNC(=O)CN1CCN([C@@H](C)C(=O)Nc2ccc(F)c(Cl)c2)CC1. The number of piperazine rings is 1. The van der Waals surface area contributed by atoms with Gasteiger partial charge in [0, 0.05) is 45.5 Å². The Hall–Kier alpha value is -1.74. The summed E-state index contributed by atoms with van der Waals surface area (Å²) in [6.07, 6.45) is 0. The maximum Gasteiger partial charge on any atom is 0.241 e. The van der Waals surface area contributed by atoms with Crippen molar-refractivity contribution in [1.82, 2.24) is 15.1 Å². The molecular weight excluding hydrogens is 375 g/mol. The molecule has 1 heterocycles. The van der Waals surface area contributed by atoms with Gasteiger partial charge in [0.25, 0.3) is 0 Å². The summed E-state index contributed by atoms with van der Waals surface area (Å²) in [6.45, 7) is 5.94. The third kappa shape index (κ3) is 6.73. The second-order valence-electron chi connectivity index (χ2n) is 6.45. The van der Waals surface area contributed by atoms with Gasteiger partial charge in [-0.25, -0.2) is 4.39 Å². The lowest BCUT2D eigenvalue weighted by Crippen LogP contribution is -2.54. The Morgan fingerprint density at radius 2 is 2.00 bits per heavy atom. The zero-order valence-electron chi connectivity index (χ0n) is 15.6. The summed E-state index contributed by atoms with van der Waals surface area (Å²) in [5.41, 5.74) is 0.463. The van der Waals surface area contributed by atoms with Crippen molar-refractivity contribution in [3.05, 3.63) is 29.0 Å². The molecule has 1 aliphatic rings. The molecule has 2 N–H and O–H groups in total. The molecule has 1 fully saturated rings. The molecule has 1 atom stereocenters. The van der Waals surface area contributed by atoms with Crippen LogP contribution >= 0.6 is 11.6 Å². The molecule has 1 aliphatic heterocycles. The van der Waals surface area contributed by atoms with Crippen molar-refractivity contribution in [3.63, 3.8) is 0 Å². The topological polar surface area (TPSA) is 73.9 Å². The van der Waals surface area contributed by atoms with Crippen LogP contribution in [0.3, 0.4) is 0 Å². The fourth-order valence-electron chi connectivity index (χ4n) is 2.85. The van der Waals surface area contributed by atoms with E-state index in [4.69, 9.17) is 16.3 Å². The minimum absolute atomic E-state index is 0.0283. The lowest BCUT2D eigenvalue weighted by Gasteiger charge is -2.37. The van der Waals surface area contributed by atoms with Crippen molar-refractivity contribution < 1.29 is 18.7 Å². The fraction of sp³-hybridized carbons (Fsp3) is 0.556. The molecule has 150 valence electrons. The first-order valence-electron chi connectivity index (χ1n) is 8.88. The summed E-state index contributed by atoms with van der Waals surface area (Å²) in [4.78, 5) is 28.4. The number of ether oxygens (including phenoxy) is 1. The van der Waals surface area contributed by atoms with Gasteiger partial charge in [0.05, 0.1) is 24.2 Å². The van der Waals surface area contributed by atoms with Crippen molar-refractivity contribution in [3.8, 4) is 0 Å². The van der Waals surface area contributed by atoms with E-state index in [-0.39, 0.29) is 22.9 Å². The van der Waals surface area contributed by atoms with Crippen LogP contribution in [0.25, 0.3) is 0 Å². The predicted octanol–water partition coefficient (Wildman–Crippen LogP) is 1.19. The van der Waals surface area contributed by atoms with Gasteiger partial charge in [0.15, 0.2) is 0 Å². The van der Waals surface area contributed by atoms with Crippen molar-refractivity contribution in [1.29, 1.82) is 0 Å². The van der Waals surface area contributed by atoms with E-state index in [0.717, 1.165) is 0 Å². The molecule has 27 heavy (non-hydrogen) atoms. The maximum absolute atomic E-state index is 13.2. The van der Waals surface area contributed by atoms with Crippen LogP contribution in [0.1, 0.15) is 6.92 Å². The first-order valence-corrected chi connectivity index (χ1v) is 9.26. The van der Waals surface area contributed by atoms with E-state index in [9.17, 15) is 14.0 Å². The van der Waals surface area contributed by atoms with Crippen LogP contribution in [0.15, 0.2) is 18.2 Å². The van der Waals surface area contributed by atoms with Crippen LogP contribution in [0.5, 0.6) is 0 Å². The molecule has 1 saturated heterocycles. The monoisotopic (exact) mass is 400 g/mol. The smallest absolute Gasteiger partial charge is 0.241 e. The number of carbonyl (C=O) groups excluding carboxylic acids is 2. The number of amides is 2. The van der Waals surface area contributed by atoms with E-state index < -0.39 is 5.82 Å². The van der Waals surface area contributed by atoms with Crippen LogP contribution < -0.4 is 10.6 Å². The highest BCUT2D eigenvalue weighted by molar-refractivity contribution is 6.31. The highest BCUT2D eigenvalue weighted by Crippen LogP contribution is 2.20. The summed E-state index contributed by atoms with van der Waals surface area (Å²) >= 11 is 5.74. The van der Waals surface area contributed by atoms with Crippen LogP contribution in [-0.2, 0) is 14.3 Å². The van der Waals surface area contributed by atoms with E-state index in [1.807, 2.05) is 6.92 Å². The Labute approximate surface area is 163 Å². The third-order valence-electron chi connectivity index (χ3n) is 4.52. The van der Waals surface area contributed by atoms with Gasteiger partial charge < -0.3 is 15.4 Å². The third-order valence-corrected chi connectivity index (χ3v) is 4.81. The summed E-state index contributed by atoms with van der Waals surface area (Å²) in [5, 5.41) is 5.53. The Bertz CT molecular complexity index is 653. The normalized spacial score (nSPS) is 16.7. The predicted molar refractivity (Wildman–Crippen MR) is 102 cm³/mol. The molecule has 0 saturated carbocycles. The van der Waals surface area contributed by atoms with Gasteiger partial charge >= 0.3 is 0 Å². The summed E-state index contributed by atoms with van der Waals surface area (Å²) in [6, 6.07) is 3.75. The maximum atomic E-state index is 13.2. The van der Waals surface area contributed by atoms with Crippen LogP contribution in [0.2, 0.25) is 5.02 Å². The summed E-state index contributed by atoms with van der Waals surface area (Å²) in [5.74, 6) is -0.729. The number of anilines is 1. The lowest BCUT2D eigenvalue weighted by molar-refractivity contribution is -0.124. The standard InChI is InChI=1S/C18H26ClFN4O3/c1-13(18(26)22-14-3-4-16(20)15(19)11-14)24-8-6-23(7-9-24)12-17(25)21-5-10-27-2/h3-4,11,13H,5-10,12H2,1-2H3,(H,21,25)(H,22,26)/t13-/m0/s1. The van der Waals surface area contributed by atoms with E-state index in [1.165, 1.54) is 18.2 Å². The largest absolute Gasteiger partial charge is 0.383 e. The van der Waals surface area contributed by atoms with E-state index in [1.54, 1.807) is 7.11 Å². The molecular formula is C18H26ClFN4O3. The Morgan fingerprint density at radius 3 is 2.63 bits per heavy atom. The van der Waals surface area contributed by atoms with Gasteiger partial charge in [-0.05, 0) is 25.1 Å². The quantitative estimate of drug-likeness (QED) is 0.641. The molecule has 0 spiro atoms. The highest BCUT2D eigenvalue weighted by Gasteiger charge is 2.26. The molecule has 0 unspecified atom stereocenters. The lowest BCUT2D eigenvalue weighted by atomic mass is 10.2. The fourth-order valence-corrected chi connectivity index (χ4v) is 3.03. The Balaban J connectivity index is 1.76. The van der Waals surface area contributed by atoms with Gasteiger partial charge in [-0.2, -0.15) is 0 Å². The Morgan fingerprint density at radius 1 is 1.30 bits per heavy atom. The van der Waals surface area contributed by atoms with E-state index in [2.05, 4.69) is 20.4 Å². The van der Waals surface area contributed by atoms with Crippen molar-refractivity contribution in [2.75, 3.05) is 58.3 Å². The zero-order valence-corrected chi connectivity index (χ0v) is 16.4. The number of hydrogen-bond acceptors (Lipinski definition) is 5. The molecule has 2 rings (SSSR count). The average Bonchev–Trinajstić information content (AvgIpc) is 2.65. The van der Waals surface area contributed by atoms with E-state index in [0.29, 0.717) is 51.6 Å². The van der Waals surface area contributed by atoms with Gasteiger partial charge in [0.2, 0.25) is 11.8 Å². The number of carbonyl (C=O) groups is 2. The number of hydrogen-bond donors (Lipinski definition) is 2. The molecule has 0 aliphatic carbocycles. The minimum atomic E-state index is -0.523. The number of methoxy groups -OCH3 is 1. The number of halogens is 2. The number of rotatable bonds is 8. The molecule has 7 nitrogen and oxygen atoms in total. The molecule has 1 aromatic rings. The highest BCUT2D eigenvalue weighted by atomic mass is 35.5. The van der Waals surface area contributed by atoms with Gasteiger partial charge in [-0.3, -0.25) is 19.4 Å². The minimum Gasteiger partial charge on any atom is -0.383 e. The molecule has 2 amide bonds. The molecule has 0 aromatic heterocycles. The molecule has 1 aromatic carbocycles. The van der Waals surface area contributed by atoms with Crippen LogP contribution in [0, 0.1) is 5.82 Å². The van der Waals surface area contributed by atoms with Gasteiger partial charge in [-0.15, -0.1) is 0 Å². The second-order valence-corrected chi connectivity index (χ2v) is 6.86. The van der Waals surface area contributed by atoms with Crippen molar-refractivity contribution in [2.45, 2.75) is 13.0 Å². The second kappa shape index (κ2) is 10.6. The Kier molecular flexibility index (Phi) is 8.43. The zero-order chi connectivity index (χ0) is 19.8. The van der Waals surface area contributed by atoms with Gasteiger partial charge in [0.1, 0.15) is 5.82 Å². The number of nitrogens with zero attached hydrogens (tertiary/aromatic N) is 2.